The van der Waals surface area contributed by atoms with Crippen molar-refractivity contribution in [1.82, 2.24) is 0 Å². The molecule has 1 rings (SSSR count). The van der Waals surface area contributed by atoms with Crippen molar-refractivity contribution in [2.24, 2.45) is 0 Å². The summed E-state index contributed by atoms with van der Waals surface area (Å²) in [7, 11) is 0. The lowest BCUT2D eigenvalue weighted by molar-refractivity contribution is 0.516. The van der Waals surface area contributed by atoms with Gasteiger partial charge in [0.25, 0.3) is 0 Å². The molecule has 1 aliphatic carbocycles. The third kappa shape index (κ3) is 2.74. The van der Waals surface area contributed by atoms with Crippen LogP contribution in [-0.4, -0.2) is 17.3 Å². The smallest absolute Gasteiger partial charge is 0.209 e. The maximum absolute atomic E-state index is 9.90. The van der Waals surface area contributed by atoms with Crippen LogP contribution in [0.4, 0.5) is 0 Å². The van der Waals surface area contributed by atoms with Gasteiger partial charge in [0.15, 0.2) is 0 Å². The molecule has 0 N–H and O–H groups in total. The van der Waals surface area contributed by atoms with Crippen LogP contribution < -0.4 is 0 Å². The van der Waals surface area contributed by atoms with Crippen LogP contribution in [0, 0.1) is 0 Å². The summed E-state index contributed by atoms with van der Waals surface area (Å²) in [5.41, 5.74) is 0. The normalized spacial score (nSPS) is 20.8. The summed E-state index contributed by atoms with van der Waals surface area (Å²) in [4.78, 5) is 9.90. The van der Waals surface area contributed by atoms with Crippen molar-refractivity contribution < 1.29 is 4.79 Å². The van der Waals surface area contributed by atoms with E-state index in [1.165, 1.54) is 32.1 Å². The van der Waals surface area contributed by atoms with Gasteiger partial charge in [0.05, 0.1) is 5.75 Å². The predicted octanol–water partition coefficient (Wildman–Crippen LogP) is 2.16. The SMILES string of the molecule is O=[C]CSC1CCCCC1. The lowest BCUT2D eigenvalue weighted by Gasteiger charge is -2.19. The van der Waals surface area contributed by atoms with Gasteiger partial charge in [-0.1, -0.05) is 19.3 Å². The molecule has 0 atom stereocenters. The molecule has 0 aliphatic heterocycles. The van der Waals surface area contributed by atoms with E-state index in [2.05, 4.69) is 0 Å². The maximum Gasteiger partial charge on any atom is 0.209 e. The van der Waals surface area contributed by atoms with Crippen LogP contribution in [0.1, 0.15) is 32.1 Å². The molecule has 0 amide bonds. The van der Waals surface area contributed by atoms with Crippen molar-refractivity contribution in [2.45, 2.75) is 37.4 Å². The number of hydrogen-bond acceptors (Lipinski definition) is 2. The van der Waals surface area contributed by atoms with Gasteiger partial charge in [-0.2, -0.15) is 11.8 Å². The van der Waals surface area contributed by atoms with E-state index in [4.69, 9.17) is 0 Å². The van der Waals surface area contributed by atoms with Crippen LogP contribution >= 0.6 is 11.8 Å². The molecule has 0 aromatic heterocycles. The molecular formula is C8H13OS. The summed E-state index contributed by atoms with van der Waals surface area (Å²) in [5.74, 6) is 0.574. The first-order valence-electron chi connectivity index (χ1n) is 3.90. The summed E-state index contributed by atoms with van der Waals surface area (Å²) < 4.78 is 0. The number of rotatable bonds is 3. The van der Waals surface area contributed by atoms with Crippen molar-refractivity contribution in [3.05, 3.63) is 0 Å². The Morgan fingerprint density at radius 3 is 2.60 bits per heavy atom. The van der Waals surface area contributed by atoms with Gasteiger partial charge in [-0.25, -0.2) is 0 Å². The third-order valence-corrected chi connectivity index (χ3v) is 3.16. The monoisotopic (exact) mass is 157 g/mol. The van der Waals surface area contributed by atoms with Gasteiger partial charge in [-0.3, -0.25) is 4.79 Å². The molecule has 0 aromatic carbocycles. The Kier molecular flexibility index (Phi) is 3.88. The minimum atomic E-state index is 0.574. The zero-order valence-electron chi connectivity index (χ0n) is 6.14. The van der Waals surface area contributed by atoms with E-state index in [-0.39, 0.29) is 0 Å². The van der Waals surface area contributed by atoms with Crippen molar-refractivity contribution in [1.29, 1.82) is 0 Å². The van der Waals surface area contributed by atoms with E-state index in [0.29, 0.717) is 5.75 Å². The second-order valence-electron chi connectivity index (χ2n) is 2.72. The Morgan fingerprint density at radius 1 is 1.30 bits per heavy atom. The molecular weight excluding hydrogens is 144 g/mol. The van der Waals surface area contributed by atoms with Gasteiger partial charge in [0, 0.05) is 5.25 Å². The van der Waals surface area contributed by atoms with Gasteiger partial charge < -0.3 is 0 Å². The molecule has 1 saturated carbocycles. The zero-order chi connectivity index (χ0) is 7.23. The fraction of sp³-hybridized carbons (Fsp3) is 0.875. The second kappa shape index (κ2) is 4.78. The third-order valence-electron chi connectivity index (χ3n) is 1.93. The maximum atomic E-state index is 9.90. The molecule has 0 saturated heterocycles. The van der Waals surface area contributed by atoms with Crippen LogP contribution in [0.3, 0.4) is 0 Å². The quantitative estimate of drug-likeness (QED) is 0.624. The molecule has 1 fully saturated rings. The van der Waals surface area contributed by atoms with E-state index in [0.717, 1.165) is 5.25 Å². The summed E-state index contributed by atoms with van der Waals surface area (Å²) in [6.45, 7) is 0. The average Bonchev–Trinajstić information content (AvgIpc) is 2.03. The van der Waals surface area contributed by atoms with E-state index in [1.807, 2.05) is 6.29 Å². The predicted molar refractivity (Wildman–Crippen MR) is 45.0 cm³/mol. The molecule has 0 aromatic rings. The first-order chi connectivity index (χ1) is 4.93. The fourth-order valence-electron chi connectivity index (χ4n) is 1.38. The van der Waals surface area contributed by atoms with Crippen LogP contribution in [0.25, 0.3) is 0 Å². The largest absolute Gasteiger partial charge is 0.290 e. The zero-order valence-corrected chi connectivity index (χ0v) is 6.95. The van der Waals surface area contributed by atoms with Gasteiger partial charge in [0.2, 0.25) is 6.29 Å². The Balaban J connectivity index is 2.07. The second-order valence-corrected chi connectivity index (χ2v) is 4.00. The highest BCUT2D eigenvalue weighted by Gasteiger charge is 2.12. The molecule has 1 aliphatic rings. The van der Waals surface area contributed by atoms with Gasteiger partial charge >= 0.3 is 0 Å². The minimum absolute atomic E-state index is 0.574. The van der Waals surface area contributed by atoms with E-state index in [9.17, 15) is 4.79 Å². The summed E-state index contributed by atoms with van der Waals surface area (Å²) >= 11 is 1.77. The topological polar surface area (TPSA) is 17.1 Å². The van der Waals surface area contributed by atoms with Crippen molar-refractivity contribution in [3.8, 4) is 0 Å². The summed E-state index contributed by atoms with van der Waals surface area (Å²) in [6.07, 6.45) is 8.66. The highest BCUT2D eigenvalue weighted by molar-refractivity contribution is 8.00. The minimum Gasteiger partial charge on any atom is -0.290 e. The van der Waals surface area contributed by atoms with Crippen LogP contribution in [0.2, 0.25) is 0 Å². The molecule has 1 nitrogen and oxygen atoms in total. The highest BCUT2D eigenvalue weighted by Crippen LogP contribution is 2.27. The van der Waals surface area contributed by atoms with Crippen LogP contribution in [0.5, 0.6) is 0 Å². The Bertz CT molecular complexity index is 97.4. The molecule has 1 radical (unpaired) electrons. The van der Waals surface area contributed by atoms with E-state index in [1.54, 1.807) is 11.8 Å². The van der Waals surface area contributed by atoms with Crippen LogP contribution in [-0.2, 0) is 4.79 Å². The Hall–Kier alpha value is 0.0200. The molecule has 57 valence electrons. The number of thioether (sulfide) groups is 1. The van der Waals surface area contributed by atoms with E-state index < -0.39 is 0 Å². The van der Waals surface area contributed by atoms with Gasteiger partial charge in [0.1, 0.15) is 0 Å². The molecule has 10 heavy (non-hydrogen) atoms. The molecule has 0 bridgehead atoms. The van der Waals surface area contributed by atoms with Crippen molar-refractivity contribution >= 4 is 18.0 Å². The van der Waals surface area contributed by atoms with Gasteiger partial charge in [-0.05, 0) is 12.8 Å². The molecule has 0 unspecified atom stereocenters. The lowest BCUT2D eigenvalue weighted by Crippen LogP contribution is -2.08. The first kappa shape index (κ1) is 8.12. The standard InChI is InChI=1S/C8H13OS/c9-6-7-10-8-4-2-1-3-5-8/h8H,1-5,7H2. The molecule has 2 heteroatoms. The van der Waals surface area contributed by atoms with Gasteiger partial charge in [-0.15, -0.1) is 0 Å². The highest BCUT2D eigenvalue weighted by atomic mass is 32.2. The van der Waals surface area contributed by atoms with Crippen molar-refractivity contribution in [3.63, 3.8) is 0 Å². The van der Waals surface area contributed by atoms with E-state index >= 15 is 0 Å². The first-order valence-corrected chi connectivity index (χ1v) is 4.95. The number of hydrogen-bond donors (Lipinski definition) is 0. The fourth-order valence-corrected chi connectivity index (χ4v) is 2.35. The average molecular weight is 157 g/mol. The van der Waals surface area contributed by atoms with Crippen molar-refractivity contribution in [2.75, 3.05) is 5.75 Å². The molecule has 0 spiro atoms. The van der Waals surface area contributed by atoms with Crippen LogP contribution in [0.15, 0.2) is 0 Å². The lowest BCUT2D eigenvalue weighted by atomic mass is 10.0. The Labute approximate surface area is 66.6 Å². The Morgan fingerprint density at radius 2 is 2.00 bits per heavy atom. The number of carbonyl (C=O) groups excluding carboxylic acids is 1. The molecule has 0 heterocycles. The summed E-state index contributed by atoms with van der Waals surface area (Å²) in [5, 5.41) is 0.759. The summed E-state index contributed by atoms with van der Waals surface area (Å²) in [6, 6.07) is 0.